The van der Waals surface area contributed by atoms with Crippen molar-refractivity contribution in [1.29, 1.82) is 5.26 Å². The smallest absolute Gasteiger partial charge is 0.243 e. The molecule has 19 heavy (non-hydrogen) atoms. The van der Waals surface area contributed by atoms with Gasteiger partial charge in [0.15, 0.2) is 0 Å². The number of hydrogen-bond acceptors (Lipinski definition) is 4. The first kappa shape index (κ1) is 14.0. The highest BCUT2D eigenvalue weighted by molar-refractivity contribution is 7.89. The standard InChI is InChI=1S/C13H17N3O2S/c1-2-15-7-9-16(10-8-15)19(17,18)13-5-3-12(11-14)4-6-13/h3-6H,2,7-10H2,1H3. The predicted molar refractivity (Wildman–Crippen MR) is 72.0 cm³/mol. The van der Waals surface area contributed by atoms with Crippen LogP contribution in [0.5, 0.6) is 0 Å². The van der Waals surface area contributed by atoms with Crippen LogP contribution in [-0.4, -0.2) is 50.3 Å². The zero-order valence-corrected chi connectivity index (χ0v) is 11.7. The van der Waals surface area contributed by atoms with Crippen LogP contribution in [0.1, 0.15) is 12.5 Å². The first-order valence-corrected chi connectivity index (χ1v) is 7.74. The van der Waals surface area contributed by atoms with E-state index < -0.39 is 10.0 Å². The molecule has 5 nitrogen and oxygen atoms in total. The van der Waals surface area contributed by atoms with Crippen molar-refractivity contribution >= 4 is 10.0 Å². The van der Waals surface area contributed by atoms with Gasteiger partial charge in [-0.05, 0) is 30.8 Å². The SMILES string of the molecule is CCN1CCN(S(=O)(=O)c2ccc(C#N)cc2)CC1. The molecule has 1 aliphatic rings. The third kappa shape index (κ3) is 2.95. The van der Waals surface area contributed by atoms with Crippen molar-refractivity contribution in [2.24, 2.45) is 0 Å². The molecule has 0 aliphatic carbocycles. The van der Waals surface area contributed by atoms with E-state index in [1.54, 1.807) is 0 Å². The van der Waals surface area contributed by atoms with Crippen LogP contribution < -0.4 is 0 Å². The van der Waals surface area contributed by atoms with Crippen LogP contribution in [0.3, 0.4) is 0 Å². The minimum absolute atomic E-state index is 0.261. The van der Waals surface area contributed by atoms with Gasteiger partial charge in [-0.25, -0.2) is 8.42 Å². The first-order chi connectivity index (χ1) is 9.07. The van der Waals surface area contributed by atoms with E-state index in [9.17, 15) is 8.42 Å². The summed E-state index contributed by atoms with van der Waals surface area (Å²) in [4.78, 5) is 2.49. The van der Waals surface area contributed by atoms with E-state index in [1.165, 1.54) is 28.6 Å². The number of nitrogens with zero attached hydrogens (tertiary/aromatic N) is 3. The lowest BCUT2D eigenvalue weighted by atomic mass is 10.2. The predicted octanol–water partition coefficient (Wildman–Crippen LogP) is 0.884. The van der Waals surface area contributed by atoms with E-state index in [0.29, 0.717) is 18.7 Å². The Morgan fingerprint density at radius 3 is 2.21 bits per heavy atom. The fraction of sp³-hybridized carbons (Fsp3) is 0.462. The van der Waals surface area contributed by atoms with Crippen LogP contribution in [0, 0.1) is 11.3 Å². The number of hydrogen-bond donors (Lipinski definition) is 0. The summed E-state index contributed by atoms with van der Waals surface area (Å²) < 4.78 is 26.3. The molecule has 0 aromatic heterocycles. The molecule has 0 saturated carbocycles. The summed E-state index contributed by atoms with van der Waals surface area (Å²) in [5.41, 5.74) is 0.467. The Balaban J connectivity index is 2.16. The van der Waals surface area contributed by atoms with Gasteiger partial charge < -0.3 is 4.90 Å². The molecule has 0 N–H and O–H groups in total. The molecule has 0 spiro atoms. The van der Waals surface area contributed by atoms with Crippen LogP contribution in [0.25, 0.3) is 0 Å². The number of benzene rings is 1. The summed E-state index contributed by atoms with van der Waals surface area (Å²) in [6.45, 7) is 5.61. The Bertz CT molecular complexity index is 567. The van der Waals surface area contributed by atoms with Crippen LogP contribution in [0.4, 0.5) is 0 Å². The monoisotopic (exact) mass is 279 g/mol. The summed E-state index contributed by atoms with van der Waals surface area (Å²) in [6.07, 6.45) is 0. The topological polar surface area (TPSA) is 64.4 Å². The zero-order chi connectivity index (χ0) is 13.9. The summed E-state index contributed by atoms with van der Waals surface area (Å²) >= 11 is 0. The molecule has 2 rings (SSSR count). The van der Waals surface area contributed by atoms with Crippen LogP contribution in [0.15, 0.2) is 29.2 Å². The molecule has 0 atom stereocenters. The molecule has 1 aromatic rings. The maximum Gasteiger partial charge on any atom is 0.243 e. The molecule has 1 aromatic carbocycles. The van der Waals surface area contributed by atoms with Gasteiger partial charge in [-0.2, -0.15) is 9.57 Å². The Labute approximate surface area is 114 Å². The fourth-order valence-electron chi connectivity index (χ4n) is 2.14. The number of nitriles is 1. The van der Waals surface area contributed by atoms with Crippen molar-refractivity contribution in [3.05, 3.63) is 29.8 Å². The summed E-state index contributed by atoms with van der Waals surface area (Å²) in [5.74, 6) is 0. The van der Waals surface area contributed by atoms with Gasteiger partial charge in [0.05, 0.1) is 16.5 Å². The second-order valence-electron chi connectivity index (χ2n) is 4.47. The molecule has 1 heterocycles. The maximum absolute atomic E-state index is 12.4. The average molecular weight is 279 g/mol. The third-order valence-corrected chi connectivity index (χ3v) is 5.31. The lowest BCUT2D eigenvalue weighted by molar-refractivity contribution is 0.196. The number of likely N-dealkylation sites (N-methyl/N-ethyl adjacent to an activating group) is 1. The summed E-state index contributed by atoms with van der Waals surface area (Å²) in [5, 5.41) is 8.72. The third-order valence-electron chi connectivity index (χ3n) is 3.40. The molecule has 102 valence electrons. The van der Waals surface area contributed by atoms with E-state index >= 15 is 0 Å². The number of sulfonamides is 1. The van der Waals surface area contributed by atoms with Crippen molar-refractivity contribution in [2.75, 3.05) is 32.7 Å². The van der Waals surface area contributed by atoms with Crippen LogP contribution in [0.2, 0.25) is 0 Å². The normalized spacial score (nSPS) is 18.1. The van der Waals surface area contributed by atoms with Gasteiger partial charge in [-0.1, -0.05) is 6.92 Å². The summed E-state index contributed by atoms with van der Waals surface area (Å²) in [6, 6.07) is 8.06. The van der Waals surface area contributed by atoms with Gasteiger partial charge in [0.1, 0.15) is 0 Å². The van der Waals surface area contributed by atoms with Gasteiger partial charge >= 0.3 is 0 Å². The van der Waals surface area contributed by atoms with Gasteiger partial charge in [-0.15, -0.1) is 0 Å². The van der Waals surface area contributed by atoms with E-state index in [1.807, 2.05) is 6.07 Å². The van der Waals surface area contributed by atoms with E-state index in [0.717, 1.165) is 19.6 Å². The van der Waals surface area contributed by atoms with Gasteiger partial charge in [0, 0.05) is 26.2 Å². The second-order valence-corrected chi connectivity index (χ2v) is 6.41. The fourth-order valence-corrected chi connectivity index (χ4v) is 3.56. The largest absolute Gasteiger partial charge is 0.301 e. The van der Waals surface area contributed by atoms with Gasteiger partial charge in [-0.3, -0.25) is 0 Å². The van der Waals surface area contributed by atoms with E-state index in [2.05, 4.69) is 11.8 Å². The molecule has 0 bridgehead atoms. The molecule has 1 saturated heterocycles. The molecule has 0 amide bonds. The van der Waals surface area contributed by atoms with Crippen molar-refractivity contribution in [1.82, 2.24) is 9.21 Å². The Morgan fingerprint density at radius 1 is 1.16 bits per heavy atom. The molecule has 1 aliphatic heterocycles. The van der Waals surface area contributed by atoms with Crippen molar-refractivity contribution in [3.8, 4) is 6.07 Å². The first-order valence-electron chi connectivity index (χ1n) is 6.30. The van der Waals surface area contributed by atoms with Crippen LogP contribution in [-0.2, 0) is 10.0 Å². The minimum Gasteiger partial charge on any atom is -0.301 e. The maximum atomic E-state index is 12.4. The van der Waals surface area contributed by atoms with Crippen molar-refractivity contribution in [3.63, 3.8) is 0 Å². The second kappa shape index (κ2) is 5.70. The van der Waals surface area contributed by atoms with E-state index in [-0.39, 0.29) is 4.90 Å². The molecule has 0 radical (unpaired) electrons. The summed E-state index contributed by atoms with van der Waals surface area (Å²) in [7, 11) is -3.42. The lowest BCUT2D eigenvalue weighted by Gasteiger charge is -2.33. The number of rotatable bonds is 3. The highest BCUT2D eigenvalue weighted by Gasteiger charge is 2.27. The zero-order valence-electron chi connectivity index (χ0n) is 10.9. The van der Waals surface area contributed by atoms with Gasteiger partial charge in [0.25, 0.3) is 0 Å². The molecular formula is C13H17N3O2S. The molecule has 6 heteroatoms. The average Bonchev–Trinajstić information content (AvgIpc) is 2.47. The van der Waals surface area contributed by atoms with Crippen molar-refractivity contribution in [2.45, 2.75) is 11.8 Å². The highest BCUT2D eigenvalue weighted by Crippen LogP contribution is 2.18. The number of piperazine rings is 1. The van der Waals surface area contributed by atoms with Crippen molar-refractivity contribution < 1.29 is 8.42 Å². The molecule has 0 unspecified atom stereocenters. The minimum atomic E-state index is -3.42. The Morgan fingerprint density at radius 2 is 1.74 bits per heavy atom. The van der Waals surface area contributed by atoms with E-state index in [4.69, 9.17) is 5.26 Å². The van der Waals surface area contributed by atoms with Gasteiger partial charge in [0.2, 0.25) is 10.0 Å². The molecule has 1 fully saturated rings. The van der Waals surface area contributed by atoms with Crippen LogP contribution >= 0.6 is 0 Å². The lowest BCUT2D eigenvalue weighted by Crippen LogP contribution is -2.48. The highest BCUT2D eigenvalue weighted by atomic mass is 32.2. The molecular weight excluding hydrogens is 262 g/mol. The quantitative estimate of drug-likeness (QED) is 0.824. The Hall–Kier alpha value is -1.42. The Kier molecular flexibility index (Phi) is 4.20.